The molecule has 266 valence electrons. The molecule has 0 saturated carbocycles. The van der Waals surface area contributed by atoms with E-state index in [2.05, 4.69) is 138 Å². The molecular formula is C51H30N4OS. The molecule has 0 aliphatic carbocycles. The third-order valence-corrected chi connectivity index (χ3v) is 12.2. The molecule has 0 unspecified atom stereocenters. The minimum atomic E-state index is 0.523. The van der Waals surface area contributed by atoms with Gasteiger partial charge in [0.2, 0.25) is 5.95 Å². The van der Waals surface area contributed by atoms with Crippen LogP contribution in [0.5, 0.6) is 0 Å². The lowest BCUT2D eigenvalue weighted by Gasteiger charge is -2.12. The van der Waals surface area contributed by atoms with Crippen LogP contribution in [-0.4, -0.2) is 19.5 Å². The molecule has 0 radical (unpaired) electrons. The van der Waals surface area contributed by atoms with Gasteiger partial charge < -0.3 is 4.42 Å². The first-order chi connectivity index (χ1) is 28.2. The molecule has 12 aromatic rings. The van der Waals surface area contributed by atoms with Crippen molar-refractivity contribution in [3.63, 3.8) is 0 Å². The maximum Gasteiger partial charge on any atom is 0.238 e. The number of thiophene rings is 1. The lowest BCUT2D eigenvalue weighted by molar-refractivity contribution is 0.670. The van der Waals surface area contributed by atoms with Crippen molar-refractivity contribution in [3.8, 4) is 51.0 Å². The summed E-state index contributed by atoms with van der Waals surface area (Å²) in [5.74, 6) is 1.71. The Morgan fingerprint density at radius 3 is 1.79 bits per heavy atom. The SMILES string of the molecule is c1ccc(-c2ccc(-c3nc(-c4ccccc4)nc(-n4c5ccccc5c5c(-c6ccc7sc8ccccc8c7c6)cc6c7ccccc7oc6c54)n3)cc2)cc1. The molecule has 4 heterocycles. The Labute approximate surface area is 330 Å². The molecule has 12 rings (SSSR count). The van der Waals surface area contributed by atoms with Crippen LogP contribution < -0.4 is 0 Å². The highest BCUT2D eigenvalue weighted by Crippen LogP contribution is 2.46. The number of rotatable bonds is 5. The van der Waals surface area contributed by atoms with Gasteiger partial charge in [0.1, 0.15) is 11.1 Å². The van der Waals surface area contributed by atoms with E-state index in [1.165, 1.54) is 20.2 Å². The first kappa shape index (κ1) is 31.9. The Hall–Kier alpha value is -7.41. The molecule has 0 amide bonds. The molecule has 4 aromatic heterocycles. The summed E-state index contributed by atoms with van der Waals surface area (Å²) in [7, 11) is 0. The van der Waals surface area contributed by atoms with Crippen molar-refractivity contribution >= 4 is 75.3 Å². The van der Waals surface area contributed by atoms with Crippen LogP contribution in [0.4, 0.5) is 0 Å². The van der Waals surface area contributed by atoms with Gasteiger partial charge in [-0.2, -0.15) is 9.97 Å². The molecule has 0 aliphatic heterocycles. The second-order valence-corrected chi connectivity index (χ2v) is 15.5. The number of nitrogens with zero attached hydrogens (tertiary/aromatic N) is 4. The van der Waals surface area contributed by atoms with Gasteiger partial charge >= 0.3 is 0 Å². The van der Waals surface area contributed by atoms with Gasteiger partial charge in [-0.15, -0.1) is 11.3 Å². The second-order valence-electron chi connectivity index (χ2n) is 14.4. The predicted octanol–water partition coefficient (Wildman–Crippen LogP) is 13.9. The van der Waals surface area contributed by atoms with Crippen molar-refractivity contribution in [2.75, 3.05) is 0 Å². The Balaban J connectivity index is 1.18. The van der Waals surface area contributed by atoms with Crippen molar-refractivity contribution in [1.82, 2.24) is 19.5 Å². The zero-order chi connectivity index (χ0) is 37.5. The highest BCUT2D eigenvalue weighted by Gasteiger charge is 2.25. The summed E-state index contributed by atoms with van der Waals surface area (Å²) in [4.78, 5) is 15.7. The molecule has 5 nitrogen and oxygen atoms in total. The summed E-state index contributed by atoms with van der Waals surface area (Å²) in [6.45, 7) is 0. The molecule has 8 aromatic carbocycles. The van der Waals surface area contributed by atoms with Crippen molar-refractivity contribution in [3.05, 3.63) is 182 Å². The number of aromatic nitrogens is 4. The zero-order valence-corrected chi connectivity index (χ0v) is 31.2. The van der Waals surface area contributed by atoms with Crippen LogP contribution in [-0.2, 0) is 0 Å². The second kappa shape index (κ2) is 12.6. The molecule has 0 atom stereocenters. The molecule has 57 heavy (non-hydrogen) atoms. The minimum absolute atomic E-state index is 0.523. The van der Waals surface area contributed by atoms with E-state index < -0.39 is 0 Å². The van der Waals surface area contributed by atoms with E-state index in [-0.39, 0.29) is 0 Å². The van der Waals surface area contributed by atoms with Crippen LogP contribution in [0.3, 0.4) is 0 Å². The molecular weight excluding hydrogens is 717 g/mol. The number of hydrogen-bond donors (Lipinski definition) is 0. The fourth-order valence-electron chi connectivity index (χ4n) is 8.41. The Morgan fingerprint density at radius 1 is 0.421 bits per heavy atom. The van der Waals surface area contributed by atoms with E-state index in [1.54, 1.807) is 0 Å². The van der Waals surface area contributed by atoms with E-state index in [1.807, 2.05) is 59.9 Å². The molecule has 0 saturated heterocycles. The van der Waals surface area contributed by atoms with E-state index >= 15 is 0 Å². The third kappa shape index (κ3) is 5.04. The van der Waals surface area contributed by atoms with Gasteiger partial charge in [0.25, 0.3) is 0 Å². The van der Waals surface area contributed by atoms with Gasteiger partial charge in [0, 0.05) is 52.8 Å². The van der Waals surface area contributed by atoms with Crippen molar-refractivity contribution in [2.45, 2.75) is 0 Å². The molecule has 0 spiro atoms. The van der Waals surface area contributed by atoms with Crippen LogP contribution in [0.1, 0.15) is 0 Å². The van der Waals surface area contributed by atoms with E-state index in [0.29, 0.717) is 17.6 Å². The summed E-state index contributed by atoms with van der Waals surface area (Å²) in [6, 6.07) is 63.8. The average Bonchev–Trinajstić information content (AvgIpc) is 3.96. The number of fused-ring (bicyclic) bond motifs is 10. The molecule has 0 N–H and O–H groups in total. The lowest BCUT2D eigenvalue weighted by Crippen LogP contribution is -2.06. The van der Waals surface area contributed by atoms with Gasteiger partial charge in [0.15, 0.2) is 17.2 Å². The van der Waals surface area contributed by atoms with Gasteiger partial charge in [-0.05, 0) is 58.7 Å². The smallest absolute Gasteiger partial charge is 0.238 e. The summed E-state index contributed by atoms with van der Waals surface area (Å²) in [5.41, 5.74) is 9.92. The van der Waals surface area contributed by atoms with Crippen LogP contribution in [0.15, 0.2) is 186 Å². The highest BCUT2D eigenvalue weighted by molar-refractivity contribution is 7.25. The Morgan fingerprint density at radius 2 is 1.00 bits per heavy atom. The number of para-hydroxylation sites is 2. The first-order valence-electron chi connectivity index (χ1n) is 19.0. The van der Waals surface area contributed by atoms with Crippen molar-refractivity contribution in [2.24, 2.45) is 0 Å². The number of benzene rings is 8. The minimum Gasteiger partial charge on any atom is -0.454 e. The Kier molecular flexibility index (Phi) is 7.03. The van der Waals surface area contributed by atoms with Crippen LogP contribution in [0, 0.1) is 0 Å². The van der Waals surface area contributed by atoms with Crippen LogP contribution >= 0.6 is 11.3 Å². The molecule has 0 bridgehead atoms. The van der Waals surface area contributed by atoms with Crippen molar-refractivity contribution in [1.29, 1.82) is 0 Å². The highest BCUT2D eigenvalue weighted by atomic mass is 32.1. The fraction of sp³-hybridized carbons (Fsp3) is 0. The van der Waals surface area contributed by atoms with Crippen molar-refractivity contribution < 1.29 is 4.42 Å². The topological polar surface area (TPSA) is 56.7 Å². The lowest BCUT2D eigenvalue weighted by atomic mass is 9.95. The van der Waals surface area contributed by atoms with E-state index in [0.717, 1.165) is 77.1 Å². The molecule has 0 aliphatic rings. The summed E-state index contributed by atoms with van der Waals surface area (Å²) in [6.07, 6.45) is 0. The van der Waals surface area contributed by atoms with E-state index in [9.17, 15) is 0 Å². The van der Waals surface area contributed by atoms with E-state index in [4.69, 9.17) is 19.4 Å². The van der Waals surface area contributed by atoms with Gasteiger partial charge in [-0.3, -0.25) is 4.57 Å². The Bertz CT molecular complexity index is 3510. The largest absolute Gasteiger partial charge is 0.454 e. The average molecular weight is 747 g/mol. The summed E-state index contributed by atoms with van der Waals surface area (Å²) < 4.78 is 11.6. The zero-order valence-electron chi connectivity index (χ0n) is 30.4. The maximum atomic E-state index is 6.86. The molecule has 0 fully saturated rings. The predicted molar refractivity (Wildman–Crippen MR) is 236 cm³/mol. The van der Waals surface area contributed by atoms with Gasteiger partial charge in [0.05, 0.1) is 5.52 Å². The number of furan rings is 1. The molecule has 6 heteroatoms. The van der Waals surface area contributed by atoms with Gasteiger partial charge in [-0.25, -0.2) is 4.98 Å². The fourth-order valence-corrected chi connectivity index (χ4v) is 9.50. The summed E-state index contributed by atoms with van der Waals surface area (Å²) in [5, 5.41) is 6.82. The van der Waals surface area contributed by atoms with Crippen LogP contribution in [0.2, 0.25) is 0 Å². The quantitative estimate of drug-likeness (QED) is 0.176. The first-order valence-corrected chi connectivity index (χ1v) is 19.8. The number of hydrogen-bond acceptors (Lipinski definition) is 5. The normalized spacial score (nSPS) is 11.9. The monoisotopic (exact) mass is 746 g/mol. The summed E-state index contributed by atoms with van der Waals surface area (Å²) >= 11 is 1.84. The maximum absolute atomic E-state index is 6.86. The van der Waals surface area contributed by atoms with Crippen LogP contribution in [0.25, 0.3) is 115 Å². The third-order valence-electron chi connectivity index (χ3n) is 11.1. The standard InChI is InChI=1S/C51H30N4OS/c1-3-13-31(14-4-1)32-23-25-34(26-24-32)50-52-49(33-15-5-2-6-16-33)53-51(54-50)55-42-20-10-7-19-38(42)46-39(30-41-36-17-8-11-21-43(36)56-48(41)47(46)55)35-27-28-45-40(29-35)37-18-9-12-22-44(37)57-45/h1-30H. The van der Waals surface area contributed by atoms with Gasteiger partial charge in [-0.1, -0.05) is 146 Å².